The van der Waals surface area contributed by atoms with Gasteiger partial charge in [0, 0.05) is 13.0 Å². The van der Waals surface area contributed by atoms with E-state index in [0.717, 1.165) is 33.5 Å². The maximum Gasteiger partial charge on any atom is 0.417 e. The van der Waals surface area contributed by atoms with Crippen LogP contribution in [0.4, 0.5) is 18.9 Å². The molecule has 0 atom stereocenters. The molecule has 0 aromatic heterocycles. The average Bonchev–Trinajstić information content (AvgIpc) is 2.69. The smallest absolute Gasteiger partial charge is 0.417 e. The van der Waals surface area contributed by atoms with E-state index in [1.807, 2.05) is 32.0 Å². The van der Waals surface area contributed by atoms with Gasteiger partial charge in [0.1, 0.15) is 12.4 Å². The van der Waals surface area contributed by atoms with Crippen LogP contribution in [0.25, 0.3) is 0 Å². The Bertz CT molecular complexity index is 1090. The molecule has 0 saturated heterocycles. The second-order valence-corrected chi connectivity index (χ2v) is 9.88. The number of alkyl halides is 3. The van der Waals surface area contributed by atoms with Gasteiger partial charge in [0.25, 0.3) is 0 Å². The lowest BCUT2D eigenvalue weighted by Crippen LogP contribution is -2.33. The summed E-state index contributed by atoms with van der Waals surface area (Å²) in [5.74, 6) is 0.402. The van der Waals surface area contributed by atoms with Crippen LogP contribution in [-0.4, -0.2) is 40.3 Å². The summed E-state index contributed by atoms with van der Waals surface area (Å²) in [5.41, 5.74) is 0.802. The van der Waals surface area contributed by atoms with Gasteiger partial charge in [-0.3, -0.25) is 9.10 Å². The minimum absolute atomic E-state index is 0.00467. The highest BCUT2D eigenvalue weighted by Gasteiger charge is 2.34. The monoisotopic (exact) mass is 506 g/mol. The fourth-order valence-electron chi connectivity index (χ4n) is 3.16. The molecule has 0 saturated carbocycles. The number of ether oxygens (including phenoxy) is 1. The Morgan fingerprint density at radius 2 is 1.85 bits per heavy atom. The summed E-state index contributed by atoms with van der Waals surface area (Å²) in [5, 5.41) is 2.15. The Morgan fingerprint density at radius 3 is 2.45 bits per heavy atom. The van der Waals surface area contributed by atoms with E-state index >= 15 is 0 Å². The maximum absolute atomic E-state index is 13.1. The van der Waals surface area contributed by atoms with Crippen LogP contribution in [0.15, 0.2) is 36.4 Å². The predicted molar refractivity (Wildman–Crippen MR) is 122 cm³/mol. The van der Waals surface area contributed by atoms with Crippen molar-refractivity contribution in [3.63, 3.8) is 0 Å². The number of sulfonamides is 1. The molecule has 0 aliphatic carbocycles. The van der Waals surface area contributed by atoms with Crippen molar-refractivity contribution in [1.29, 1.82) is 0 Å². The molecule has 0 aliphatic heterocycles. The highest BCUT2D eigenvalue weighted by atomic mass is 35.5. The summed E-state index contributed by atoms with van der Waals surface area (Å²) >= 11 is 5.61. The van der Waals surface area contributed by atoms with Crippen molar-refractivity contribution in [3.05, 3.63) is 58.1 Å². The van der Waals surface area contributed by atoms with E-state index in [0.29, 0.717) is 6.07 Å². The fourth-order valence-corrected chi connectivity index (χ4v) is 4.34. The number of amides is 1. The van der Waals surface area contributed by atoms with Crippen molar-refractivity contribution >= 4 is 33.2 Å². The number of halogens is 4. The zero-order valence-electron chi connectivity index (χ0n) is 18.5. The van der Waals surface area contributed by atoms with Gasteiger partial charge in [-0.15, -0.1) is 0 Å². The van der Waals surface area contributed by atoms with Gasteiger partial charge in [-0.1, -0.05) is 29.3 Å². The number of nitrogens with one attached hydrogen (secondary N) is 1. The van der Waals surface area contributed by atoms with Crippen LogP contribution in [0.2, 0.25) is 5.02 Å². The number of hydrogen-bond donors (Lipinski definition) is 1. The topological polar surface area (TPSA) is 75.7 Å². The molecule has 0 spiro atoms. The van der Waals surface area contributed by atoms with Gasteiger partial charge in [0.2, 0.25) is 15.9 Å². The molecule has 2 aromatic carbocycles. The molecule has 0 unspecified atom stereocenters. The van der Waals surface area contributed by atoms with Crippen LogP contribution in [0.3, 0.4) is 0 Å². The quantitative estimate of drug-likeness (QED) is 0.473. The number of carbonyl (C=O) groups excluding carboxylic acids is 1. The van der Waals surface area contributed by atoms with E-state index in [4.69, 9.17) is 16.3 Å². The lowest BCUT2D eigenvalue weighted by molar-refractivity contribution is -0.137. The number of nitrogens with zero attached hydrogens (tertiary/aromatic N) is 1. The first kappa shape index (κ1) is 26.8. The second kappa shape index (κ2) is 11.1. The van der Waals surface area contributed by atoms with Gasteiger partial charge in [-0.05, 0) is 50.1 Å². The van der Waals surface area contributed by atoms with Crippen molar-refractivity contribution in [3.8, 4) is 5.75 Å². The molecule has 0 radical (unpaired) electrons. The first-order valence-corrected chi connectivity index (χ1v) is 12.3. The highest BCUT2D eigenvalue weighted by Crippen LogP contribution is 2.37. The summed E-state index contributed by atoms with van der Waals surface area (Å²) in [4.78, 5) is 12.1. The number of benzene rings is 2. The molecule has 6 nitrogen and oxygen atoms in total. The molecular formula is C22H26ClF3N2O4S. The number of rotatable bonds is 10. The van der Waals surface area contributed by atoms with Gasteiger partial charge in [-0.2, -0.15) is 13.2 Å². The fraction of sp³-hybridized carbons (Fsp3) is 0.409. The van der Waals surface area contributed by atoms with Crippen LogP contribution in [0.1, 0.15) is 29.5 Å². The molecule has 1 amide bonds. The predicted octanol–water partition coefficient (Wildman–Crippen LogP) is 4.72. The molecule has 2 rings (SSSR count). The second-order valence-electron chi connectivity index (χ2n) is 7.57. The zero-order chi connectivity index (χ0) is 24.8. The van der Waals surface area contributed by atoms with Crippen molar-refractivity contribution < 1.29 is 31.1 Å². The van der Waals surface area contributed by atoms with Crippen molar-refractivity contribution in [2.24, 2.45) is 0 Å². The van der Waals surface area contributed by atoms with E-state index in [2.05, 4.69) is 5.32 Å². The van der Waals surface area contributed by atoms with Crippen molar-refractivity contribution in [1.82, 2.24) is 5.32 Å². The van der Waals surface area contributed by atoms with Gasteiger partial charge in [0.05, 0.1) is 29.1 Å². The minimum atomic E-state index is -4.73. The first-order valence-electron chi connectivity index (χ1n) is 10.1. The molecule has 1 N–H and O–H groups in total. The SMILES string of the molecule is Cc1ccc(OCCNC(=O)CCCN(c2ccc(Cl)c(C(F)(F)F)c2)S(C)(=O)=O)c(C)c1. The highest BCUT2D eigenvalue weighted by molar-refractivity contribution is 7.92. The summed E-state index contributed by atoms with van der Waals surface area (Å²) in [6, 6.07) is 8.65. The average molecular weight is 507 g/mol. The summed E-state index contributed by atoms with van der Waals surface area (Å²) in [7, 11) is -3.88. The third-order valence-electron chi connectivity index (χ3n) is 4.72. The van der Waals surface area contributed by atoms with Gasteiger partial charge >= 0.3 is 6.18 Å². The largest absolute Gasteiger partial charge is 0.491 e. The van der Waals surface area contributed by atoms with Crippen LogP contribution < -0.4 is 14.4 Å². The summed E-state index contributed by atoms with van der Waals surface area (Å²) in [6.07, 6.45) is -3.73. The Morgan fingerprint density at radius 1 is 1.15 bits per heavy atom. The summed E-state index contributed by atoms with van der Waals surface area (Å²) in [6.45, 7) is 4.26. The molecule has 182 valence electrons. The van der Waals surface area contributed by atoms with Crippen LogP contribution in [-0.2, 0) is 21.0 Å². The molecule has 2 aromatic rings. The van der Waals surface area contributed by atoms with E-state index in [1.165, 1.54) is 6.07 Å². The summed E-state index contributed by atoms with van der Waals surface area (Å²) < 4.78 is 70.1. The van der Waals surface area contributed by atoms with Gasteiger partial charge in [-0.25, -0.2) is 8.42 Å². The lowest BCUT2D eigenvalue weighted by atomic mass is 10.1. The zero-order valence-corrected chi connectivity index (χ0v) is 20.1. The molecule has 0 bridgehead atoms. The van der Waals surface area contributed by atoms with Crippen molar-refractivity contribution in [2.45, 2.75) is 32.9 Å². The first-order chi connectivity index (χ1) is 15.3. The molecule has 0 fully saturated rings. The number of anilines is 1. The Labute approximate surface area is 196 Å². The van der Waals surface area contributed by atoms with Crippen LogP contribution in [0, 0.1) is 13.8 Å². The van der Waals surface area contributed by atoms with Crippen LogP contribution in [0.5, 0.6) is 5.75 Å². The number of aryl methyl sites for hydroxylation is 2. The minimum Gasteiger partial charge on any atom is -0.491 e. The molecule has 11 heteroatoms. The van der Waals surface area contributed by atoms with E-state index in [-0.39, 0.29) is 44.1 Å². The normalized spacial score (nSPS) is 11.8. The van der Waals surface area contributed by atoms with Crippen molar-refractivity contribution in [2.75, 3.05) is 30.3 Å². The Balaban J connectivity index is 1.89. The lowest BCUT2D eigenvalue weighted by Gasteiger charge is -2.23. The van der Waals surface area contributed by atoms with E-state index < -0.39 is 26.8 Å². The maximum atomic E-state index is 13.1. The molecule has 33 heavy (non-hydrogen) atoms. The van der Waals surface area contributed by atoms with E-state index in [9.17, 15) is 26.4 Å². The number of carbonyl (C=O) groups is 1. The molecule has 0 heterocycles. The van der Waals surface area contributed by atoms with Gasteiger partial charge in [0.15, 0.2) is 0 Å². The Kier molecular flexibility index (Phi) is 9.02. The molecule has 0 aliphatic rings. The standard InChI is InChI=1S/C22H26ClF3N2O4S/c1-15-6-9-20(16(2)13-15)32-12-10-27-21(29)5-4-11-28(33(3,30)31)17-7-8-19(23)18(14-17)22(24,25)26/h6-9,13-14H,4-5,10-12H2,1-3H3,(H,27,29). The Hall–Kier alpha value is -2.46. The van der Waals surface area contributed by atoms with E-state index in [1.54, 1.807) is 0 Å². The third kappa shape index (κ3) is 8.12. The van der Waals surface area contributed by atoms with Gasteiger partial charge < -0.3 is 10.1 Å². The third-order valence-corrected chi connectivity index (χ3v) is 6.24. The molecular weight excluding hydrogens is 481 g/mol. The number of hydrogen-bond acceptors (Lipinski definition) is 4. The van der Waals surface area contributed by atoms with Crippen LogP contribution >= 0.6 is 11.6 Å².